The molecule has 3 heterocycles. The zero-order valence-corrected chi connectivity index (χ0v) is 16.0. The van der Waals surface area contributed by atoms with E-state index in [9.17, 15) is 0 Å². The van der Waals surface area contributed by atoms with Crippen molar-refractivity contribution in [2.45, 2.75) is 18.8 Å². The van der Waals surface area contributed by atoms with Crippen LogP contribution in [0.3, 0.4) is 0 Å². The molecule has 2 fully saturated rings. The summed E-state index contributed by atoms with van der Waals surface area (Å²) in [6.45, 7) is 8.45. The highest BCUT2D eigenvalue weighted by Crippen LogP contribution is 2.39. The van der Waals surface area contributed by atoms with Gasteiger partial charge in [0, 0.05) is 58.1 Å². The van der Waals surface area contributed by atoms with E-state index in [0.717, 1.165) is 52.6 Å². The van der Waals surface area contributed by atoms with E-state index < -0.39 is 0 Å². The fourth-order valence-electron chi connectivity index (χ4n) is 4.66. The molecule has 3 aliphatic rings. The van der Waals surface area contributed by atoms with Gasteiger partial charge in [0.25, 0.3) is 0 Å². The topological polar surface area (TPSA) is 31.3 Å². The van der Waals surface area contributed by atoms with E-state index in [-0.39, 0.29) is 0 Å². The van der Waals surface area contributed by atoms with Gasteiger partial charge in [-0.05, 0) is 37.3 Å². The van der Waals surface area contributed by atoms with Gasteiger partial charge in [0.1, 0.15) is 0 Å². The van der Waals surface area contributed by atoms with Crippen molar-refractivity contribution in [2.75, 3.05) is 59.7 Å². The van der Waals surface area contributed by atoms with Crippen molar-refractivity contribution in [3.63, 3.8) is 0 Å². The summed E-state index contributed by atoms with van der Waals surface area (Å²) in [6, 6.07) is 11.1. The van der Waals surface area contributed by atoms with E-state index in [1.165, 1.54) is 18.4 Å². The molecule has 142 valence electrons. The van der Waals surface area contributed by atoms with Crippen LogP contribution in [-0.4, -0.2) is 80.7 Å². The van der Waals surface area contributed by atoms with E-state index in [4.69, 9.17) is 9.84 Å². The van der Waals surface area contributed by atoms with Gasteiger partial charge < -0.3 is 9.64 Å². The lowest BCUT2D eigenvalue weighted by Gasteiger charge is -2.36. The van der Waals surface area contributed by atoms with E-state index in [1.807, 2.05) is 0 Å². The number of rotatable bonds is 5. The van der Waals surface area contributed by atoms with Crippen molar-refractivity contribution in [1.82, 2.24) is 14.8 Å². The molecule has 5 nitrogen and oxygen atoms in total. The lowest BCUT2D eigenvalue weighted by atomic mass is 9.74. The minimum absolute atomic E-state index is 0.507. The highest BCUT2D eigenvalue weighted by atomic mass is 16.5. The number of hydrogen-bond donors (Lipinski definition) is 0. The highest BCUT2D eigenvalue weighted by Gasteiger charge is 2.34. The van der Waals surface area contributed by atoms with Gasteiger partial charge in [0.2, 0.25) is 0 Å². The molecule has 0 bridgehead atoms. The fourth-order valence-corrected chi connectivity index (χ4v) is 4.66. The second-order valence-electron chi connectivity index (χ2n) is 8.07. The maximum Gasteiger partial charge on any atom is 0.0880 e. The van der Waals surface area contributed by atoms with E-state index >= 15 is 0 Å². The molecule has 0 aliphatic carbocycles. The van der Waals surface area contributed by atoms with Crippen molar-refractivity contribution < 1.29 is 4.74 Å². The second kappa shape index (κ2) is 8.51. The summed E-state index contributed by atoms with van der Waals surface area (Å²) in [5, 5.41) is 7.08. The molecule has 1 aromatic rings. The van der Waals surface area contributed by atoms with E-state index in [0.29, 0.717) is 17.8 Å². The predicted molar refractivity (Wildman–Crippen MR) is 105 cm³/mol. The number of piperazine rings is 1. The third-order valence-electron chi connectivity index (χ3n) is 6.22. The number of likely N-dealkylation sites (N-methyl/N-ethyl adjacent to an activating group) is 1. The van der Waals surface area contributed by atoms with Crippen molar-refractivity contribution in [1.29, 1.82) is 0 Å². The van der Waals surface area contributed by atoms with Gasteiger partial charge in [-0.2, -0.15) is 5.10 Å². The zero-order valence-electron chi connectivity index (χ0n) is 16.0. The quantitative estimate of drug-likeness (QED) is 0.810. The molecular formula is C21H32N4O. The minimum Gasteiger partial charge on any atom is -0.381 e. The van der Waals surface area contributed by atoms with Gasteiger partial charge >= 0.3 is 0 Å². The molecule has 0 saturated carbocycles. The molecule has 0 aromatic heterocycles. The SMILES string of the molecule is CN1CCN(CN2CC(C(c3ccccc3)C3CCOCC3)C=N2)CC1. The Bertz CT molecular complexity index is 579. The molecule has 2 atom stereocenters. The number of hydrogen-bond acceptors (Lipinski definition) is 5. The minimum atomic E-state index is 0.507. The lowest BCUT2D eigenvalue weighted by molar-refractivity contribution is 0.0498. The van der Waals surface area contributed by atoms with Gasteiger partial charge in [-0.1, -0.05) is 30.3 Å². The maximum absolute atomic E-state index is 5.62. The molecule has 1 aromatic carbocycles. The molecular weight excluding hydrogens is 324 g/mol. The number of hydrazone groups is 1. The first-order chi connectivity index (χ1) is 12.8. The largest absolute Gasteiger partial charge is 0.381 e. The summed E-state index contributed by atoms with van der Waals surface area (Å²) >= 11 is 0. The van der Waals surface area contributed by atoms with Gasteiger partial charge in [-0.25, -0.2) is 0 Å². The van der Waals surface area contributed by atoms with Crippen LogP contribution < -0.4 is 0 Å². The Hall–Kier alpha value is -1.43. The number of nitrogens with zero attached hydrogens (tertiary/aromatic N) is 4. The molecule has 2 saturated heterocycles. The monoisotopic (exact) mass is 356 g/mol. The molecule has 0 N–H and O–H groups in total. The molecule has 2 unspecified atom stereocenters. The fraction of sp³-hybridized carbons (Fsp3) is 0.667. The average Bonchev–Trinajstić information content (AvgIpc) is 3.13. The van der Waals surface area contributed by atoms with Crippen LogP contribution in [0.4, 0.5) is 0 Å². The Morgan fingerprint density at radius 3 is 2.54 bits per heavy atom. The van der Waals surface area contributed by atoms with Crippen LogP contribution in [0, 0.1) is 11.8 Å². The average molecular weight is 357 g/mol. The number of ether oxygens (including phenoxy) is 1. The maximum atomic E-state index is 5.62. The third-order valence-corrected chi connectivity index (χ3v) is 6.22. The summed E-state index contributed by atoms with van der Waals surface area (Å²) in [7, 11) is 2.21. The predicted octanol–water partition coefficient (Wildman–Crippen LogP) is 2.32. The molecule has 0 amide bonds. The Balaban J connectivity index is 1.41. The summed E-state index contributed by atoms with van der Waals surface area (Å²) in [5.41, 5.74) is 1.47. The summed E-state index contributed by atoms with van der Waals surface area (Å²) < 4.78 is 5.62. The number of benzene rings is 1. The van der Waals surface area contributed by atoms with Crippen molar-refractivity contribution in [3.8, 4) is 0 Å². The molecule has 0 spiro atoms. The van der Waals surface area contributed by atoms with Gasteiger partial charge in [-0.3, -0.25) is 9.91 Å². The standard InChI is InChI=1S/C21H32N4O/c1-23-9-11-24(12-10-23)17-25-16-20(15-22-25)21(18-5-3-2-4-6-18)19-7-13-26-14-8-19/h2-6,15,19-21H,7-14,16-17H2,1H3. The Morgan fingerprint density at radius 1 is 1.08 bits per heavy atom. The summed E-state index contributed by atoms with van der Waals surface area (Å²) in [4.78, 5) is 4.94. The Kier molecular flexibility index (Phi) is 5.88. The third kappa shape index (κ3) is 4.27. The molecule has 5 heteroatoms. The van der Waals surface area contributed by atoms with Crippen LogP contribution in [0.1, 0.15) is 24.3 Å². The lowest BCUT2D eigenvalue weighted by Crippen LogP contribution is -2.47. The molecule has 26 heavy (non-hydrogen) atoms. The van der Waals surface area contributed by atoms with Crippen LogP contribution in [0.2, 0.25) is 0 Å². The first-order valence-electron chi connectivity index (χ1n) is 10.1. The van der Waals surface area contributed by atoms with Crippen molar-refractivity contribution in [3.05, 3.63) is 35.9 Å². The zero-order chi connectivity index (χ0) is 17.8. The van der Waals surface area contributed by atoms with E-state index in [1.54, 1.807) is 0 Å². The second-order valence-corrected chi connectivity index (χ2v) is 8.07. The molecule has 4 rings (SSSR count). The Labute approximate surface area is 157 Å². The van der Waals surface area contributed by atoms with Gasteiger partial charge in [0.05, 0.1) is 6.67 Å². The van der Waals surface area contributed by atoms with Crippen LogP contribution in [0.5, 0.6) is 0 Å². The normalized spacial score (nSPS) is 27.1. The molecule has 0 radical (unpaired) electrons. The van der Waals surface area contributed by atoms with Crippen LogP contribution >= 0.6 is 0 Å². The van der Waals surface area contributed by atoms with Crippen LogP contribution in [0.25, 0.3) is 0 Å². The van der Waals surface area contributed by atoms with Crippen LogP contribution in [-0.2, 0) is 4.74 Å². The smallest absolute Gasteiger partial charge is 0.0880 e. The molecule has 3 aliphatic heterocycles. The Morgan fingerprint density at radius 2 is 1.81 bits per heavy atom. The van der Waals surface area contributed by atoms with E-state index in [2.05, 4.69) is 58.4 Å². The van der Waals surface area contributed by atoms with Crippen molar-refractivity contribution >= 4 is 6.21 Å². The van der Waals surface area contributed by atoms with Crippen molar-refractivity contribution in [2.24, 2.45) is 16.9 Å². The first kappa shape index (κ1) is 18.0. The van der Waals surface area contributed by atoms with Crippen LogP contribution in [0.15, 0.2) is 35.4 Å². The van der Waals surface area contributed by atoms with Gasteiger partial charge in [-0.15, -0.1) is 0 Å². The summed E-state index contributed by atoms with van der Waals surface area (Å²) in [6.07, 6.45) is 4.56. The highest BCUT2D eigenvalue weighted by molar-refractivity contribution is 5.64. The van der Waals surface area contributed by atoms with Gasteiger partial charge in [0.15, 0.2) is 0 Å². The summed E-state index contributed by atoms with van der Waals surface area (Å²) in [5.74, 6) is 1.76. The first-order valence-corrected chi connectivity index (χ1v) is 10.1.